The predicted octanol–water partition coefficient (Wildman–Crippen LogP) is 3.22. The largest absolute Gasteiger partial charge is 0.480 e. The van der Waals surface area contributed by atoms with Crippen LogP contribution in [-0.4, -0.2) is 28.6 Å². The summed E-state index contributed by atoms with van der Waals surface area (Å²) in [5, 5.41) is 9.51. The first kappa shape index (κ1) is 14.0. The maximum absolute atomic E-state index is 13.9. The normalized spacial score (nSPS) is 22.1. The second-order valence-corrected chi connectivity index (χ2v) is 5.06. The van der Waals surface area contributed by atoms with Crippen LogP contribution < -0.4 is 0 Å². The van der Waals surface area contributed by atoms with Gasteiger partial charge in [-0.15, -0.1) is 0 Å². The lowest BCUT2D eigenvalue weighted by Gasteiger charge is -2.39. The number of nitrogens with zero attached hydrogens (tertiary/aromatic N) is 1. The third-order valence-electron chi connectivity index (χ3n) is 3.91. The van der Waals surface area contributed by atoms with Crippen LogP contribution in [0.3, 0.4) is 0 Å². The van der Waals surface area contributed by atoms with Crippen LogP contribution >= 0.6 is 0 Å². The van der Waals surface area contributed by atoms with Gasteiger partial charge in [0.25, 0.3) is 0 Å². The van der Waals surface area contributed by atoms with Gasteiger partial charge in [-0.1, -0.05) is 31.5 Å². The molecule has 1 aromatic carbocycles. The summed E-state index contributed by atoms with van der Waals surface area (Å²) in [6.07, 6.45) is 4.00. The van der Waals surface area contributed by atoms with E-state index in [4.69, 9.17) is 0 Å². The van der Waals surface area contributed by atoms with Crippen molar-refractivity contribution in [3.8, 4) is 0 Å². The molecule has 0 radical (unpaired) electrons. The molecule has 2 rings (SSSR count). The summed E-state index contributed by atoms with van der Waals surface area (Å²) in [7, 11) is 0. The average Bonchev–Trinajstić information content (AvgIpc) is 2.41. The van der Waals surface area contributed by atoms with E-state index >= 15 is 0 Å². The van der Waals surface area contributed by atoms with Crippen molar-refractivity contribution in [3.05, 3.63) is 35.6 Å². The molecular weight excluding hydrogens is 245 g/mol. The van der Waals surface area contributed by atoms with Crippen LogP contribution in [0.25, 0.3) is 0 Å². The van der Waals surface area contributed by atoms with Crippen molar-refractivity contribution in [1.29, 1.82) is 0 Å². The molecule has 1 fully saturated rings. The number of carboxylic acids is 1. The molecule has 0 aliphatic carbocycles. The number of benzene rings is 1. The van der Waals surface area contributed by atoms with Crippen molar-refractivity contribution >= 4 is 5.97 Å². The molecule has 1 aliphatic rings. The van der Waals surface area contributed by atoms with Crippen LogP contribution in [-0.2, 0) is 4.79 Å². The fourth-order valence-electron chi connectivity index (χ4n) is 2.95. The zero-order valence-electron chi connectivity index (χ0n) is 11.2. The monoisotopic (exact) mass is 265 g/mol. The van der Waals surface area contributed by atoms with Crippen LogP contribution in [0, 0.1) is 5.82 Å². The molecule has 2 unspecified atom stereocenters. The summed E-state index contributed by atoms with van der Waals surface area (Å²) in [6.45, 7) is 2.78. The molecule has 0 bridgehead atoms. The maximum Gasteiger partial charge on any atom is 0.325 e. The summed E-state index contributed by atoms with van der Waals surface area (Å²) in [5.74, 6) is -1.40. The lowest BCUT2D eigenvalue weighted by Crippen LogP contribution is -2.44. The number of rotatable bonds is 4. The Morgan fingerprint density at radius 3 is 2.84 bits per heavy atom. The molecule has 104 valence electrons. The SMILES string of the molecule is CCC1CCCCN1C(C(=O)O)c1ccccc1F. The van der Waals surface area contributed by atoms with Gasteiger partial charge in [-0.3, -0.25) is 9.69 Å². The second-order valence-electron chi connectivity index (χ2n) is 5.06. The number of aliphatic carboxylic acids is 1. The van der Waals surface area contributed by atoms with Crippen LogP contribution in [0.15, 0.2) is 24.3 Å². The van der Waals surface area contributed by atoms with E-state index in [9.17, 15) is 14.3 Å². The van der Waals surface area contributed by atoms with Crippen LogP contribution in [0.2, 0.25) is 0 Å². The molecule has 1 heterocycles. The number of carboxylic acid groups (broad SMARTS) is 1. The minimum atomic E-state index is -0.967. The lowest BCUT2D eigenvalue weighted by molar-refractivity contribution is -0.145. The standard InChI is InChI=1S/C15H20FNO2/c1-2-11-7-5-6-10-17(11)14(15(18)19)12-8-3-4-9-13(12)16/h3-4,8-9,11,14H,2,5-7,10H2,1H3,(H,18,19). The summed E-state index contributed by atoms with van der Waals surface area (Å²) in [4.78, 5) is 13.6. The zero-order valence-corrected chi connectivity index (χ0v) is 11.2. The van der Waals surface area contributed by atoms with Gasteiger partial charge in [0, 0.05) is 11.6 Å². The Bertz CT molecular complexity index is 450. The van der Waals surface area contributed by atoms with Crippen molar-refractivity contribution in [2.75, 3.05) is 6.54 Å². The van der Waals surface area contributed by atoms with Crippen molar-refractivity contribution < 1.29 is 14.3 Å². The van der Waals surface area contributed by atoms with Crippen molar-refractivity contribution in [2.24, 2.45) is 0 Å². The Morgan fingerprint density at radius 1 is 1.47 bits per heavy atom. The van der Waals surface area contributed by atoms with Gasteiger partial charge >= 0.3 is 5.97 Å². The second kappa shape index (κ2) is 6.15. The quantitative estimate of drug-likeness (QED) is 0.908. The Morgan fingerprint density at radius 2 is 2.21 bits per heavy atom. The highest BCUT2D eigenvalue weighted by Gasteiger charge is 2.34. The highest BCUT2D eigenvalue weighted by molar-refractivity contribution is 5.75. The Kier molecular flexibility index (Phi) is 4.53. The lowest BCUT2D eigenvalue weighted by atomic mass is 9.94. The first-order valence-electron chi connectivity index (χ1n) is 6.88. The van der Waals surface area contributed by atoms with Crippen LogP contribution in [0.4, 0.5) is 4.39 Å². The van der Waals surface area contributed by atoms with Crippen molar-refractivity contribution in [3.63, 3.8) is 0 Å². The summed E-state index contributed by atoms with van der Waals surface area (Å²) in [5.41, 5.74) is 0.273. The highest BCUT2D eigenvalue weighted by atomic mass is 19.1. The van der Waals surface area contributed by atoms with E-state index in [1.54, 1.807) is 18.2 Å². The number of halogens is 1. The Labute approximate surface area is 113 Å². The van der Waals surface area contributed by atoms with Crippen LogP contribution in [0.5, 0.6) is 0 Å². The third kappa shape index (κ3) is 2.95. The maximum atomic E-state index is 13.9. The molecule has 4 heteroatoms. The molecule has 19 heavy (non-hydrogen) atoms. The average molecular weight is 265 g/mol. The smallest absolute Gasteiger partial charge is 0.325 e. The van der Waals surface area contributed by atoms with E-state index in [1.807, 2.05) is 4.90 Å². The summed E-state index contributed by atoms with van der Waals surface area (Å²) in [6, 6.07) is 5.55. The first-order chi connectivity index (χ1) is 9.15. The van der Waals surface area contributed by atoms with Gasteiger partial charge in [0.05, 0.1) is 0 Å². The van der Waals surface area contributed by atoms with E-state index < -0.39 is 17.8 Å². The van der Waals surface area contributed by atoms with E-state index in [0.717, 1.165) is 32.2 Å². The molecule has 1 N–H and O–H groups in total. The highest BCUT2D eigenvalue weighted by Crippen LogP contribution is 2.31. The molecule has 0 saturated carbocycles. The number of piperidine rings is 1. The zero-order chi connectivity index (χ0) is 13.8. The van der Waals surface area contributed by atoms with E-state index in [0.29, 0.717) is 0 Å². The molecule has 0 aromatic heterocycles. The number of hydrogen-bond acceptors (Lipinski definition) is 2. The molecule has 3 nitrogen and oxygen atoms in total. The van der Waals surface area contributed by atoms with Gasteiger partial charge in [-0.2, -0.15) is 0 Å². The minimum Gasteiger partial charge on any atom is -0.480 e. The fraction of sp³-hybridized carbons (Fsp3) is 0.533. The number of carbonyl (C=O) groups is 1. The van der Waals surface area contributed by atoms with Gasteiger partial charge in [-0.25, -0.2) is 4.39 Å². The van der Waals surface area contributed by atoms with E-state index in [2.05, 4.69) is 6.92 Å². The van der Waals surface area contributed by atoms with Crippen LogP contribution in [0.1, 0.15) is 44.2 Å². The predicted molar refractivity (Wildman–Crippen MR) is 71.4 cm³/mol. The van der Waals surface area contributed by atoms with E-state index in [-0.39, 0.29) is 11.6 Å². The van der Waals surface area contributed by atoms with Gasteiger partial charge in [0.1, 0.15) is 11.9 Å². The Balaban J connectivity index is 2.34. The summed E-state index contributed by atoms with van der Waals surface area (Å²) < 4.78 is 13.9. The van der Waals surface area contributed by atoms with Crippen molar-refractivity contribution in [1.82, 2.24) is 4.90 Å². The topological polar surface area (TPSA) is 40.5 Å². The van der Waals surface area contributed by atoms with E-state index in [1.165, 1.54) is 6.07 Å². The number of likely N-dealkylation sites (tertiary alicyclic amines) is 1. The molecule has 2 atom stereocenters. The molecule has 1 aromatic rings. The van der Waals surface area contributed by atoms with Gasteiger partial charge in [0.2, 0.25) is 0 Å². The van der Waals surface area contributed by atoms with Gasteiger partial charge < -0.3 is 5.11 Å². The molecule has 1 saturated heterocycles. The Hall–Kier alpha value is -1.42. The molecule has 1 aliphatic heterocycles. The van der Waals surface area contributed by atoms with Gasteiger partial charge in [0.15, 0.2) is 0 Å². The molecular formula is C15H20FNO2. The molecule has 0 spiro atoms. The third-order valence-corrected chi connectivity index (χ3v) is 3.91. The number of hydrogen-bond donors (Lipinski definition) is 1. The van der Waals surface area contributed by atoms with Gasteiger partial charge in [-0.05, 0) is 31.9 Å². The minimum absolute atomic E-state index is 0.231. The summed E-state index contributed by atoms with van der Waals surface area (Å²) >= 11 is 0. The first-order valence-corrected chi connectivity index (χ1v) is 6.88. The fourth-order valence-corrected chi connectivity index (χ4v) is 2.95. The van der Waals surface area contributed by atoms with Crippen molar-refractivity contribution in [2.45, 2.75) is 44.7 Å². The molecule has 0 amide bonds.